The highest BCUT2D eigenvalue weighted by Crippen LogP contribution is 2.33. The molecule has 2 nitrogen and oxygen atoms in total. The molecule has 1 atom stereocenters. The van der Waals surface area contributed by atoms with Crippen molar-refractivity contribution in [3.05, 3.63) is 29.3 Å². The Kier molecular flexibility index (Phi) is 2.23. The maximum Gasteiger partial charge on any atom is 0.122 e. The summed E-state index contributed by atoms with van der Waals surface area (Å²) in [6.45, 7) is 3.73. The highest BCUT2D eigenvalue weighted by molar-refractivity contribution is 5.42. The van der Waals surface area contributed by atoms with Crippen LogP contribution in [0, 0.1) is 0 Å². The van der Waals surface area contributed by atoms with Gasteiger partial charge in [-0.25, -0.2) is 0 Å². The summed E-state index contributed by atoms with van der Waals surface area (Å²) >= 11 is 0. The summed E-state index contributed by atoms with van der Waals surface area (Å²) in [5.41, 5.74) is 8.17. The van der Waals surface area contributed by atoms with Crippen molar-refractivity contribution in [3.63, 3.8) is 0 Å². The molecule has 1 aromatic rings. The Hall–Kier alpha value is -1.02. The van der Waals surface area contributed by atoms with Crippen LogP contribution in [0.25, 0.3) is 0 Å². The van der Waals surface area contributed by atoms with E-state index in [9.17, 15) is 0 Å². The van der Waals surface area contributed by atoms with Gasteiger partial charge >= 0.3 is 0 Å². The van der Waals surface area contributed by atoms with E-state index in [1.165, 1.54) is 11.1 Å². The number of hydrogen-bond donors (Lipinski definition) is 1. The predicted molar refractivity (Wildman–Crippen MR) is 53.1 cm³/mol. The first-order valence-electron chi connectivity index (χ1n) is 4.77. The molecule has 0 aromatic heterocycles. The van der Waals surface area contributed by atoms with E-state index in [1.54, 1.807) is 0 Å². The zero-order chi connectivity index (χ0) is 9.26. The van der Waals surface area contributed by atoms with E-state index < -0.39 is 0 Å². The SMILES string of the molecule is CC1COc2ccc(CCN)cc21. The van der Waals surface area contributed by atoms with Gasteiger partial charge in [0.15, 0.2) is 0 Å². The van der Waals surface area contributed by atoms with E-state index in [-0.39, 0.29) is 0 Å². The molecule has 1 unspecified atom stereocenters. The molecule has 1 aliphatic rings. The highest BCUT2D eigenvalue weighted by Gasteiger charge is 2.19. The molecule has 0 radical (unpaired) electrons. The van der Waals surface area contributed by atoms with E-state index >= 15 is 0 Å². The van der Waals surface area contributed by atoms with Crippen LogP contribution < -0.4 is 10.5 Å². The van der Waals surface area contributed by atoms with Crippen molar-refractivity contribution in [1.82, 2.24) is 0 Å². The van der Waals surface area contributed by atoms with Gasteiger partial charge in [0, 0.05) is 11.5 Å². The molecule has 2 heteroatoms. The molecule has 1 aliphatic heterocycles. The van der Waals surface area contributed by atoms with Crippen molar-refractivity contribution < 1.29 is 4.74 Å². The molecule has 0 bridgehead atoms. The maximum absolute atomic E-state index is 5.51. The monoisotopic (exact) mass is 177 g/mol. The number of ether oxygens (including phenoxy) is 1. The fourth-order valence-corrected chi connectivity index (χ4v) is 1.74. The summed E-state index contributed by atoms with van der Waals surface area (Å²) in [5, 5.41) is 0. The van der Waals surface area contributed by atoms with Crippen molar-refractivity contribution in [1.29, 1.82) is 0 Å². The van der Waals surface area contributed by atoms with E-state index in [4.69, 9.17) is 10.5 Å². The average molecular weight is 177 g/mol. The first-order chi connectivity index (χ1) is 6.31. The van der Waals surface area contributed by atoms with Gasteiger partial charge in [-0.15, -0.1) is 0 Å². The molecule has 1 aromatic carbocycles. The number of hydrogen-bond acceptors (Lipinski definition) is 2. The molecule has 0 aliphatic carbocycles. The Bertz CT molecular complexity index is 309. The minimum atomic E-state index is 0.535. The predicted octanol–water partition coefficient (Wildman–Crippen LogP) is 1.68. The van der Waals surface area contributed by atoms with Crippen LogP contribution in [0.15, 0.2) is 18.2 Å². The molecule has 0 spiro atoms. The zero-order valence-corrected chi connectivity index (χ0v) is 7.92. The smallest absolute Gasteiger partial charge is 0.122 e. The molecule has 0 saturated carbocycles. The van der Waals surface area contributed by atoms with Crippen molar-refractivity contribution in [2.75, 3.05) is 13.2 Å². The minimum absolute atomic E-state index is 0.535. The summed E-state index contributed by atoms with van der Waals surface area (Å²) in [7, 11) is 0. The lowest BCUT2D eigenvalue weighted by Gasteiger charge is -2.03. The largest absolute Gasteiger partial charge is 0.493 e. The molecule has 1 heterocycles. The average Bonchev–Trinajstić information content (AvgIpc) is 2.49. The van der Waals surface area contributed by atoms with Crippen LogP contribution in [-0.4, -0.2) is 13.2 Å². The van der Waals surface area contributed by atoms with Crippen molar-refractivity contribution >= 4 is 0 Å². The standard InChI is InChI=1S/C11H15NO/c1-8-7-13-11-3-2-9(4-5-12)6-10(8)11/h2-3,6,8H,4-5,7,12H2,1H3. The summed E-state index contributed by atoms with van der Waals surface area (Å²) in [6.07, 6.45) is 0.958. The molecule has 2 rings (SSSR count). The second kappa shape index (κ2) is 3.38. The van der Waals surface area contributed by atoms with Crippen LogP contribution in [0.3, 0.4) is 0 Å². The van der Waals surface area contributed by atoms with E-state index in [0.29, 0.717) is 12.5 Å². The molecule has 0 saturated heterocycles. The Morgan fingerprint density at radius 1 is 1.54 bits per heavy atom. The van der Waals surface area contributed by atoms with Crippen LogP contribution in [0.4, 0.5) is 0 Å². The summed E-state index contributed by atoms with van der Waals surface area (Å²) in [5.74, 6) is 1.58. The third kappa shape index (κ3) is 1.54. The number of benzene rings is 1. The van der Waals surface area contributed by atoms with Gasteiger partial charge in [-0.1, -0.05) is 19.1 Å². The van der Waals surface area contributed by atoms with E-state index in [0.717, 1.165) is 18.8 Å². The van der Waals surface area contributed by atoms with Gasteiger partial charge < -0.3 is 10.5 Å². The number of rotatable bonds is 2. The Morgan fingerprint density at radius 3 is 3.15 bits per heavy atom. The zero-order valence-electron chi connectivity index (χ0n) is 7.92. The summed E-state index contributed by atoms with van der Waals surface area (Å²) < 4.78 is 5.51. The second-order valence-electron chi connectivity index (χ2n) is 3.62. The highest BCUT2D eigenvalue weighted by atomic mass is 16.5. The topological polar surface area (TPSA) is 35.2 Å². The van der Waals surface area contributed by atoms with Crippen LogP contribution in [0.2, 0.25) is 0 Å². The van der Waals surface area contributed by atoms with Gasteiger partial charge in [-0.05, 0) is 24.6 Å². The molecular weight excluding hydrogens is 162 g/mol. The lowest BCUT2D eigenvalue weighted by atomic mass is 10.00. The molecular formula is C11H15NO. The van der Waals surface area contributed by atoms with Crippen LogP contribution >= 0.6 is 0 Å². The van der Waals surface area contributed by atoms with Gasteiger partial charge in [-0.3, -0.25) is 0 Å². The van der Waals surface area contributed by atoms with Crippen molar-refractivity contribution in [3.8, 4) is 5.75 Å². The lowest BCUT2D eigenvalue weighted by molar-refractivity contribution is 0.337. The fraction of sp³-hybridized carbons (Fsp3) is 0.455. The van der Waals surface area contributed by atoms with Crippen molar-refractivity contribution in [2.45, 2.75) is 19.3 Å². The minimum Gasteiger partial charge on any atom is -0.493 e. The fourth-order valence-electron chi connectivity index (χ4n) is 1.74. The quantitative estimate of drug-likeness (QED) is 0.746. The van der Waals surface area contributed by atoms with E-state index in [2.05, 4.69) is 25.1 Å². The Labute approximate surface area is 78.7 Å². The van der Waals surface area contributed by atoms with Gasteiger partial charge in [0.25, 0.3) is 0 Å². The molecule has 0 fully saturated rings. The molecule has 13 heavy (non-hydrogen) atoms. The van der Waals surface area contributed by atoms with Crippen LogP contribution in [0.5, 0.6) is 5.75 Å². The summed E-state index contributed by atoms with van der Waals surface area (Å²) in [6, 6.07) is 6.38. The third-order valence-corrected chi connectivity index (χ3v) is 2.53. The first-order valence-corrected chi connectivity index (χ1v) is 4.77. The van der Waals surface area contributed by atoms with Gasteiger partial charge in [0.1, 0.15) is 5.75 Å². The van der Waals surface area contributed by atoms with Crippen LogP contribution in [-0.2, 0) is 6.42 Å². The second-order valence-corrected chi connectivity index (χ2v) is 3.62. The Morgan fingerprint density at radius 2 is 2.38 bits per heavy atom. The first kappa shape index (κ1) is 8.57. The Balaban J connectivity index is 2.31. The number of nitrogens with two attached hydrogens (primary N) is 1. The molecule has 2 N–H and O–H groups in total. The van der Waals surface area contributed by atoms with Gasteiger partial charge in [0.05, 0.1) is 6.61 Å². The molecule has 0 amide bonds. The third-order valence-electron chi connectivity index (χ3n) is 2.53. The summed E-state index contributed by atoms with van der Waals surface area (Å²) in [4.78, 5) is 0. The van der Waals surface area contributed by atoms with Crippen LogP contribution in [0.1, 0.15) is 24.0 Å². The normalized spacial score (nSPS) is 19.7. The van der Waals surface area contributed by atoms with Crippen molar-refractivity contribution in [2.24, 2.45) is 5.73 Å². The molecule has 70 valence electrons. The number of fused-ring (bicyclic) bond motifs is 1. The van der Waals surface area contributed by atoms with Gasteiger partial charge in [-0.2, -0.15) is 0 Å². The maximum atomic E-state index is 5.51. The van der Waals surface area contributed by atoms with E-state index in [1.807, 2.05) is 0 Å². The van der Waals surface area contributed by atoms with Gasteiger partial charge in [0.2, 0.25) is 0 Å². The lowest BCUT2D eigenvalue weighted by Crippen LogP contribution is -2.02.